The van der Waals surface area contributed by atoms with Crippen molar-refractivity contribution in [1.29, 1.82) is 0 Å². The Balaban J connectivity index is 2.91. The molecule has 126 valence electrons. The molecule has 0 spiro atoms. The Labute approximate surface area is 132 Å². The minimum absolute atomic E-state index is 0.166. The van der Waals surface area contributed by atoms with E-state index >= 15 is 0 Å². The molecule has 1 atom stereocenters. The highest BCUT2D eigenvalue weighted by molar-refractivity contribution is 4.97. The zero-order valence-corrected chi connectivity index (χ0v) is 14.7. The molecule has 0 aromatic heterocycles. The van der Waals surface area contributed by atoms with Gasteiger partial charge in [-0.3, -0.25) is 4.90 Å². The van der Waals surface area contributed by atoms with Crippen LogP contribution >= 0.6 is 0 Å². The Hall–Kier alpha value is -0.160. The highest BCUT2D eigenvalue weighted by Gasteiger charge is 2.39. The lowest BCUT2D eigenvalue weighted by molar-refractivity contribution is 0.0102. The molecular formula is C17H37N3O. The zero-order valence-electron chi connectivity index (χ0n) is 14.7. The van der Waals surface area contributed by atoms with Crippen LogP contribution < -0.4 is 5.73 Å². The summed E-state index contributed by atoms with van der Waals surface area (Å²) < 4.78 is 5.37. The fraction of sp³-hybridized carbons (Fsp3) is 1.00. The van der Waals surface area contributed by atoms with Gasteiger partial charge in [0.05, 0.1) is 6.61 Å². The maximum atomic E-state index is 6.31. The van der Waals surface area contributed by atoms with E-state index in [4.69, 9.17) is 10.5 Å². The first-order valence-corrected chi connectivity index (χ1v) is 8.85. The molecule has 1 fully saturated rings. The third-order valence-corrected chi connectivity index (χ3v) is 5.37. The van der Waals surface area contributed by atoms with Crippen molar-refractivity contribution in [3.63, 3.8) is 0 Å². The highest BCUT2D eigenvalue weighted by Crippen LogP contribution is 2.31. The molecule has 2 N–H and O–H groups in total. The van der Waals surface area contributed by atoms with E-state index in [1.165, 1.54) is 45.2 Å². The lowest BCUT2D eigenvalue weighted by Crippen LogP contribution is -2.59. The van der Waals surface area contributed by atoms with Crippen LogP contribution in [0.1, 0.15) is 52.9 Å². The molecule has 1 rings (SSSR count). The number of ether oxygens (including phenoxy) is 1. The minimum Gasteiger partial charge on any atom is -0.383 e. The van der Waals surface area contributed by atoms with Crippen LogP contribution in [0.5, 0.6) is 0 Å². The second-order valence-corrected chi connectivity index (χ2v) is 6.37. The Morgan fingerprint density at radius 1 is 1.19 bits per heavy atom. The van der Waals surface area contributed by atoms with Crippen LogP contribution in [0.4, 0.5) is 0 Å². The topological polar surface area (TPSA) is 41.7 Å². The monoisotopic (exact) mass is 299 g/mol. The van der Waals surface area contributed by atoms with Gasteiger partial charge in [-0.15, -0.1) is 0 Å². The summed E-state index contributed by atoms with van der Waals surface area (Å²) in [6, 6.07) is 0.622. The van der Waals surface area contributed by atoms with Crippen molar-refractivity contribution in [2.75, 3.05) is 46.4 Å². The molecule has 0 amide bonds. The van der Waals surface area contributed by atoms with Crippen molar-refractivity contribution in [2.45, 2.75) is 64.5 Å². The van der Waals surface area contributed by atoms with Gasteiger partial charge in [-0.1, -0.05) is 20.8 Å². The molecule has 0 radical (unpaired) electrons. The van der Waals surface area contributed by atoms with Crippen LogP contribution in [-0.2, 0) is 4.74 Å². The normalized spacial score (nSPS) is 24.7. The van der Waals surface area contributed by atoms with Crippen LogP contribution in [0.25, 0.3) is 0 Å². The van der Waals surface area contributed by atoms with Gasteiger partial charge >= 0.3 is 0 Å². The van der Waals surface area contributed by atoms with Crippen LogP contribution in [0.2, 0.25) is 0 Å². The highest BCUT2D eigenvalue weighted by atomic mass is 16.5. The summed E-state index contributed by atoms with van der Waals surface area (Å²) in [5.74, 6) is 0. The van der Waals surface area contributed by atoms with E-state index in [2.05, 4.69) is 30.6 Å². The van der Waals surface area contributed by atoms with Gasteiger partial charge < -0.3 is 15.4 Å². The smallest absolute Gasteiger partial charge is 0.0590 e. The largest absolute Gasteiger partial charge is 0.383 e. The molecule has 0 aromatic rings. The lowest BCUT2D eigenvalue weighted by Gasteiger charge is -2.47. The third kappa shape index (κ3) is 4.92. The van der Waals surface area contributed by atoms with Gasteiger partial charge in [-0.2, -0.15) is 0 Å². The van der Waals surface area contributed by atoms with Gasteiger partial charge in [0.15, 0.2) is 0 Å². The van der Waals surface area contributed by atoms with Gasteiger partial charge in [0.2, 0.25) is 0 Å². The minimum atomic E-state index is 0.166. The summed E-state index contributed by atoms with van der Waals surface area (Å²) in [7, 11) is 1.80. The Morgan fingerprint density at radius 2 is 1.90 bits per heavy atom. The molecule has 0 aromatic carbocycles. The van der Waals surface area contributed by atoms with Gasteiger partial charge in [0.1, 0.15) is 0 Å². The molecule has 1 unspecified atom stereocenters. The summed E-state index contributed by atoms with van der Waals surface area (Å²) in [6.07, 6.45) is 6.06. The first kappa shape index (κ1) is 18.9. The number of nitrogens with zero attached hydrogens (tertiary/aromatic N) is 2. The first-order chi connectivity index (χ1) is 10.2. The van der Waals surface area contributed by atoms with Crippen molar-refractivity contribution < 1.29 is 4.74 Å². The third-order valence-electron chi connectivity index (χ3n) is 5.37. The Bertz CT molecular complexity index is 271. The predicted octanol–water partition coefficient (Wildman–Crippen LogP) is 2.33. The van der Waals surface area contributed by atoms with E-state index in [1.54, 1.807) is 7.11 Å². The molecule has 1 heterocycles. The first-order valence-electron chi connectivity index (χ1n) is 8.85. The van der Waals surface area contributed by atoms with Crippen LogP contribution in [0, 0.1) is 0 Å². The summed E-state index contributed by atoms with van der Waals surface area (Å²) in [4.78, 5) is 5.26. The van der Waals surface area contributed by atoms with Crippen molar-refractivity contribution in [1.82, 2.24) is 9.80 Å². The maximum Gasteiger partial charge on any atom is 0.0590 e. The van der Waals surface area contributed by atoms with Crippen molar-refractivity contribution in [3.8, 4) is 0 Å². The second-order valence-electron chi connectivity index (χ2n) is 6.37. The number of rotatable bonds is 9. The summed E-state index contributed by atoms with van der Waals surface area (Å²) >= 11 is 0. The van der Waals surface area contributed by atoms with E-state index in [0.717, 1.165) is 26.2 Å². The average Bonchev–Trinajstić information content (AvgIpc) is 2.74. The quantitative estimate of drug-likeness (QED) is 0.709. The Morgan fingerprint density at radius 3 is 2.43 bits per heavy atom. The molecule has 1 aliphatic rings. The average molecular weight is 300 g/mol. The van der Waals surface area contributed by atoms with E-state index in [0.29, 0.717) is 6.04 Å². The van der Waals surface area contributed by atoms with E-state index < -0.39 is 0 Å². The van der Waals surface area contributed by atoms with Gasteiger partial charge in [-0.25, -0.2) is 0 Å². The number of nitrogens with two attached hydrogens (primary N) is 1. The maximum absolute atomic E-state index is 6.31. The summed E-state index contributed by atoms with van der Waals surface area (Å²) in [5.41, 5.74) is 6.48. The number of likely N-dealkylation sites (tertiary alicyclic amines) is 1. The number of hydrogen-bond acceptors (Lipinski definition) is 4. The molecule has 4 nitrogen and oxygen atoms in total. The Kier molecular flexibility index (Phi) is 8.79. The molecule has 1 aliphatic heterocycles. The lowest BCUT2D eigenvalue weighted by atomic mass is 9.86. The van der Waals surface area contributed by atoms with Crippen LogP contribution in [0.15, 0.2) is 0 Å². The predicted molar refractivity (Wildman–Crippen MR) is 90.7 cm³/mol. The van der Waals surface area contributed by atoms with Crippen molar-refractivity contribution >= 4 is 0 Å². The van der Waals surface area contributed by atoms with E-state index in [9.17, 15) is 0 Å². The molecule has 0 bridgehead atoms. The molecule has 0 saturated carbocycles. The van der Waals surface area contributed by atoms with Gasteiger partial charge in [0.25, 0.3) is 0 Å². The standard InChI is InChI=1S/C17H37N3O/c1-5-16(6-2)20(13-14-21-4)17(15-18)9-8-11-19(7-3)12-10-17/h16H,5-15,18H2,1-4H3. The molecule has 4 heteroatoms. The van der Waals surface area contributed by atoms with Crippen molar-refractivity contribution in [2.24, 2.45) is 5.73 Å². The van der Waals surface area contributed by atoms with Crippen LogP contribution in [-0.4, -0.2) is 67.8 Å². The molecule has 1 saturated heterocycles. The molecule has 0 aliphatic carbocycles. The number of hydrogen-bond donors (Lipinski definition) is 1. The molecule has 21 heavy (non-hydrogen) atoms. The van der Waals surface area contributed by atoms with Gasteiger partial charge in [0, 0.05) is 31.8 Å². The fourth-order valence-corrected chi connectivity index (χ4v) is 3.89. The summed E-state index contributed by atoms with van der Waals surface area (Å²) in [6.45, 7) is 13.0. The number of methoxy groups -OCH3 is 1. The second kappa shape index (κ2) is 9.78. The van der Waals surface area contributed by atoms with Gasteiger partial charge in [-0.05, 0) is 51.7 Å². The SMILES string of the molecule is CCC(CC)N(CCOC)C1(CN)CCCN(CC)CC1. The van der Waals surface area contributed by atoms with Crippen molar-refractivity contribution in [3.05, 3.63) is 0 Å². The zero-order chi connectivity index (χ0) is 15.7. The summed E-state index contributed by atoms with van der Waals surface area (Å²) in [5, 5.41) is 0. The van der Waals surface area contributed by atoms with E-state index in [1.807, 2.05) is 0 Å². The molecular weight excluding hydrogens is 262 g/mol. The van der Waals surface area contributed by atoms with E-state index in [-0.39, 0.29) is 5.54 Å². The fourth-order valence-electron chi connectivity index (χ4n) is 3.89. The van der Waals surface area contributed by atoms with Crippen LogP contribution in [0.3, 0.4) is 0 Å².